The van der Waals surface area contributed by atoms with E-state index in [1.807, 2.05) is 0 Å². The molecule has 0 bridgehead atoms. The largest absolute Gasteiger partial charge is 0.327 e. The summed E-state index contributed by atoms with van der Waals surface area (Å²) in [6.07, 6.45) is 5.26. The Labute approximate surface area is 70.4 Å². The van der Waals surface area contributed by atoms with Crippen LogP contribution in [-0.2, 0) is 0 Å². The highest BCUT2D eigenvalue weighted by Crippen LogP contribution is 2.34. The van der Waals surface area contributed by atoms with E-state index in [4.69, 9.17) is 5.73 Å². The average Bonchev–Trinajstić information content (AvgIpc) is 2.12. The second kappa shape index (κ2) is 3.14. The summed E-state index contributed by atoms with van der Waals surface area (Å²) in [5.74, 6) is 0.801. The van der Waals surface area contributed by atoms with Crippen LogP contribution in [0.5, 0.6) is 0 Å². The molecular weight excluding hydrogens is 134 g/mol. The van der Waals surface area contributed by atoms with Gasteiger partial charge in [0.15, 0.2) is 0 Å². The topological polar surface area (TPSA) is 26.0 Å². The van der Waals surface area contributed by atoms with Gasteiger partial charge in [-0.15, -0.1) is 0 Å². The summed E-state index contributed by atoms with van der Waals surface area (Å²) >= 11 is 0. The van der Waals surface area contributed by atoms with Gasteiger partial charge in [-0.3, -0.25) is 0 Å². The first-order valence-corrected chi connectivity index (χ1v) is 4.74. The molecule has 0 amide bonds. The first-order valence-electron chi connectivity index (χ1n) is 4.74. The van der Waals surface area contributed by atoms with Gasteiger partial charge in [0.1, 0.15) is 0 Å². The summed E-state index contributed by atoms with van der Waals surface area (Å²) in [6.45, 7) is 6.91. The second-order valence-electron chi connectivity index (χ2n) is 5.12. The molecule has 0 aromatic rings. The zero-order valence-corrected chi connectivity index (χ0v) is 8.06. The highest BCUT2D eigenvalue weighted by Gasteiger charge is 2.27. The van der Waals surface area contributed by atoms with Crippen molar-refractivity contribution < 1.29 is 0 Å². The molecule has 2 atom stereocenters. The Hall–Kier alpha value is -0.0400. The minimum absolute atomic E-state index is 0.465. The predicted molar refractivity (Wildman–Crippen MR) is 49.4 cm³/mol. The van der Waals surface area contributed by atoms with Gasteiger partial charge in [0.2, 0.25) is 0 Å². The fourth-order valence-electron chi connectivity index (χ4n) is 2.11. The second-order valence-corrected chi connectivity index (χ2v) is 5.12. The highest BCUT2D eigenvalue weighted by molar-refractivity contribution is 4.83. The molecular formula is C10H21N. The summed E-state index contributed by atoms with van der Waals surface area (Å²) < 4.78 is 0. The Morgan fingerprint density at radius 2 is 1.91 bits per heavy atom. The lowest BCUT2D eigenvalue weighted by molar-refractivity contribution is 0.280. The van der Waals surface area contributed by atoms with Gasteiger partial charge in [-0.05, 0) is 30.6 Å². The zero-order chi connectivity index (χ0) is 8.48. The minimum Gasteiger partial charge on any atom is -0.327 e. The van der Waals surface area contributed by atoms with Crippen molar-refractivity contribution in [3.8, 4) is 0 Å². The van der Waals surface area contributed by atoms with Crippen molar-refractivity contribution in [3.63, 3.8) is 0 Å². The molecule has 0 spiro atoms. The Morgan fingerprint density at radius 1 is 1.27 bits per heavy atom. The van der Waals surface area contributed by atoms with Crippen LogP contribution in [0.2, 0.25) is 0 Å². The van der Waals surface area contributed by atoms with Gasteiger partial charge in [-0.25, -0.2) is 0 Å². The molecule has 11 heavy (non-hydrogen) atoms. The van der Waals surface area contributed by atoms with Crippen molar-refractivity contribution in [1.29, 1.82) is 0 Å². The van der Waals surface area contributed by atoms with Crippen LogP contribution in [-0.4, -0.2) is 6.04 Å². The number of nitrogens with two attached hydrogens (primary N) is 1. The third-order valence-corrected chi connectivity index (χ3v) is 2.59. The van der Waals surface area contributed by atoms with E-state index < -0.39 is 0 Å². The fraction of sp³-hybridized carbons (Fsp3) is 1.00. The van der Waals surface area contributed by atoms with Gasteiger partial charge >= 0.3 is 0 Å². The number of hydrogen-bond acceptors (Lipinski definition) is 1. The normalized spacial score (nSPS) is 32.7. The van der Waals surface area contributed by atoms with Crippen molar-refractivity contribution in [2.24, 2.45) is 17.1 Å². The van der Waals surface area contributed by atoms with Crippen LogP contribution < -0.4 is 5.73 Å². The SMILES string of the molecule is CC(C)(C)CC1CCCC1N. The van der Waals surface area contributed by atoms with E-state index in [2.05, 4.69) is 20.8 Å². The lowest BCUT2D eigenvalue weighted by Crippen LogP contribution is -2.27. The highest BCUT2D eigenvalue weighted by atomic mass is 14.7. The van der Waals surface area contributed by atoms with Gasteiger partial charge in [0.05, 0.1) is 0 Å². The molecule has 0 heterocycles. The van der Waals surface area contributed by atoms with E-state index in [1.165, 1.54) is 25.7 Å². The van der Waals surface area contributed by atoms with Crippen molar-refractivity contribution in [2.75, 3.05) is 0 Å². The fourth-order valence-corrected chi connectivity index (χ4v) is 2.11. The van der Waals surface area contributed by atoms with Crippen molar-refractivity contribution in [2.45, 2.75) is 52.5 Å². The van der Waals surface area contributed by atoms with Crippen LogP contribution in [0, 0.1) is 11.3 Å². The summed E-state index contributed by atoms with van der Waals surface area (Å²) in [5.41, 5.74) is 6.45. The standard InChI is InChI=1S/C10H21N/c1-10(2,3)7-8-5-4-6-9(8)11/h8-9H,4-7,11H2,1-3H3. The van der Waals surface area contributed by atoms with Gasteiger partial charge in [0, 0.05) is 6.04 Å². The smallest absolute Gasteiger partial charge is 0.00673 e. The first kappa shape index (κ1) is 9.05. The van der Waals surface area contributed by atoms with Crippen molar-refractivity contribution in [1.82, 2.24) is 0 Å². The van der Waals surface area contributed by atoms with Crippen LogP contribution in [0.25, 0.3) is 0 Å². The average molecular weight is 155 g/mol. The van der Waals surface area contributed by atoms with E-state index in [-0.39, 0.29) is 0 Å². The zero-order valence-electron chi connectivity index (χ0n) is 8.06. The molecule has 1 saturated carbocycles. The van der Waals surface area contributed by atoms with Gasteiger partial charge in [-0.2, -0.15) is 0 Å². The maximum Gasteiger partial charge on any atom is 0.00673 e. The van der Waals surface area contributed by atoms with Crippen LogP contribution in [0.4, 0.5) is 0 Å². The molecule has 1 heteroatoms. The first-order chi connectivity index (χ1) is 4.99. The van der Waals surface area contributed by atoms with Crippen LogP contribution in [0.3, 0.4) is 0 Å². The molecule has 0 radical (unpaired) electrons. The molecule has 1 aliphatic rings. The summed E-state index contributed by atoms with van der Waals surface area (Å²) in [7, 11) is 0. The Morgan fingerprint density at radius 3 is 2.27 bits per heavy atom. The molecule has 0 saturated heterocycles. The van der Waals surface area contributed by atoms with Gasteiger partial charge < -0.3 is 5.73 Å². The Bertz CT molecular complexity index is 123. The van der Waals surface area contributed by atoms with Crippen molar-refractivity contribution >= 4 is 0 Å². The molecule has 1 aliphatic carbocycles. The number of hydrogen-bond donors (Lipinski definition) is 1. The van der Waals surface area contributed by atoms with Gasteiger partial charge in [0.25, 0.3) is 0 Å². The molecule has 0 aromatic carbocycles. The molecule has 2 N–H and O–H groups in total. The van der Waals surface area contributed by atoms with Crippen LogP contribution in [0.1, 0.15) is 46.5 Å². The summed E-state index contributed by atoms with van der Waals surface area (Å²) in [6, 6.07) is 0.495. The van der Waals surface area contributed by atoms with Crippen molar-refractivity contribution in [3.05, 3.63) is 0 Å². The maximum absolute atomic E-state index is 5.99. The van der Waals surface area contributed by atoms with E-state index in [0.29, 0.717) is 11.5 Å². The molecule has 1 rings (SSSR count). The lowest BCUT2D eigenvalue weighted by Gasteiger charge is -2.25. The molecule has 0 aromatic heterocycles. The molecule has 2 unspecified atom stereocenters. The Kier molecular flexibility index (Phi) is 2.58. The van der Waals surface area contributed by atoms with Crippen LogP contribution in [0.15, 0.2) is 0 Å². The minimum atomic E-state index is 0.465. The molecule has 1 fully saturated rings. The monoisotopic (exact) mass is 155 g/mol. The van der Waals surface area contributed by atoms with E-state index in [1.54, 1.807) is 0 Å². The predicted octanol–water partition coefficient (Wildman–Crippen LogP) is 2.55. The lowest BCUT2D eigenvalue weighted by atomic mass is 9.83. The van der Waals surface area contributed by atoms with Gasteiger partial charge in [-0.1, -0.05) is 27.2 Å². The molecule has 66 valence electrons. The third-order valence-electron chi connectivity index (χ3n) is 2.59. The van der Waals surface area contributed by atoms with E-state index >= 15 is 0 Å². The summed E-state index contributed by atoms with van der Waals surface area (Å²) in [4.78, 5) is 0. The van der Waals surface area contributed by atoms with E-state index in [0.717, 1.165) is 5.92 Å². The van der Waals surface area contributed by atoms with Crippen LogP contribution >= 0.6 is 0 Å². The number of rotatable bonds is 1. The molecule has 0 aliphatic heterocycles. The Balaban J connectivity index is 2.37. The third kappa shape index (κ3) is 2.82. The quantitative estimate of drug-likeness (QED) is 0.618. The van der Waals surface area contributed by atoms with E-state index in [9.17, 15) is 0 Å². The summed E-state index contributed by atoms with van der Waals surface area (Å²) in [5, 5.41) is 0. The molecule has 1 nitrogen and oxygen atoms in total. The maximum atomic E-state index is 5.99.